The number of unbranched alkanes of at least 4 members (excludes halogenated alkanes) is 2. The summed E-state index contributed by atoms with van der Waals surface area (Å²) in [6, 6.07) is 6.22. The molecule has 0 N–H and O–H groups in total. The Bertz CT molecular complexity index is 444. The molecule has 0 unspecified atom stereocenters. The zero-order valence-corrected chi connectivity index (χ0v) is 13.2. The molecule has 0 saturated carbocycles. The third-order valence-corrected chi connectivity index (χ3v) is 4.38. The fourth-order valence-corrected chi connectivity index (χ4v) is 3.04. The maximum Gasteiger partial charge on any atom is 0.253 e. The molecule has 1 aliphatic rings. The van der Waals surface area contributed by atoms with Gasteiger partial charge in [-0.2, -0.15) is 0 Å². The zero-order chi connectivity index (χ0) is 13.7. The van der Waals surface area contributed by atoms with Gasteiger partial charge in [-0.15, -0.1) is 0 Å². The summed E-state index contributed by atoms with van der Waals surface area (Å²) in [6.45, 7) is 0.850. The number of nitrogens with zero attached hydrogens (tertiary/aromatic N) is 1. The van der Waals surface area contributed by atoms with Crippen LogP contribution in [0.5, 0.6) is 0 Å². The SMILES string of the molecule is CN(CCCCCBr)C(=O)c1ccc2c(c1)CCC2. The van der Waals surface area contributed by atoms with E-state index in [-0.39, 0.29) is 5.91 Å². The third kappa shape index (κ3) is 3.82. The number of amides is 1. The van der Waals surface area contributed by atoms with E-state index in [1.54, 1.807) is 0 Å². The minimum absolute atomic E-state index is 0.161. The number of hydrogen-bond acceptors (Lipinski definition) is 1. The molecular weight excluding hydrogens is 302 g/mol. The Morgan fingerprint density at radius 3 is 2.79 bits per heavy atom. The van der Waals surface area contributed by atoms with Crippen molar-refractivity contribution in [2.24, 2.45) is 0 Å². The van der Waals surface area contributed by atoms with Gasteiger partial charge in [0.2, 0.25) is 0 Å². The van der Waals surface area contributed by atoms with E-state index in [4.69, 9.17) is 0 Å². The van der Waals surface area contributed by atoms with Crippen LogP contribution >= 0.6 is 15.9 Å². The average molecular weight is 324 g/mol. The summed E-state index contributed by atoms with van der Waals surface area (Å²) in [7, 11) is 1.91. The highest BCUT2D eigenvalue weighted by Gasteiger charge is 2.16. The predicted molar refractivity (Wildman–Crippen MR) is 83.1 cm³/mol. The Hall–Kier alpha value is -0.830. The molecule has 3 heteroatoms. The first-order valence-electron chi connectivity index (χ1n) is 7.15. The molecule has 0 bridgehead atoms. The largest absolute Gasteiger partial charge is 0.342 e. The van der Waals surface area contributed by atoms with Gasteiger partial charge < -0.3 is 4.90 Å². The van der Waals surface area contributed by atoms with Crippen LogP contribution in [-0.4, -0.2) is 29.7 Å². The number of alkyl halides is 1. The second kappa shape index (κ2) is 7.09. The highest BCUT2D eigenvalue weighted by molar-refractivity contribution is 9.09. The predicted octanol–water partition coefficient (Wildman–Crippen LogP) is 3.81. The number of benzene rings is 1. The first-order chi connectivity index (χ1) is 9.22. The van der Waals surface area contributed by atoms with E-state index in [2.05, 4.69) is 28.1 Å². The molecule has 0 atom stereocenters. The first-order valence-corrected chi connectivity index (χ1v) is 8.28. The van der Waals surface area contributed by atoms with Crippen molar-refractivity contribution in [1.82, 2.24) is 4.90 Å². The molecule has 0 aliphatic heterocycles. The Balaban J connectivity index is 1.91. The summed E-state index contributed by atoms with van der Waals surface area (Å²) < 4.78 is 0. The number of carbonyl (C=O) groups is 1. The van der Waals surface area contributed by atoms with Crippen molar-refractivity contribution >= 4 is 21.8 Å². The maximum absolute atomic E-state index is 12.3. The number of halogens is 1. The van der Waals surface area contributed by atoms with Crippen LogP contribution in [0.4, 0.5) is 0 Å². The van der Waals surface area contributed by atoms with Crippen molar-refractivity contribution in [3.05, 3.63) is 34.9 Å². The molecule has 19 heavy (non-hydrogen) atoms. The van der Waals surface area contributed by atoms with E-state index >= 15 is 0 Å². The minimum atomic E-state index is 0.161. The van der Waals surface area contributed by atoms with Gasteiger partial charge in [0.05, 0.1) is 0 Å². The number of hydrogen-bond donors (Lipinski definition) is 0. The molecule has 0 spiro atoms. The van der Waals surface area contributed by atoms with Crippen LogP contribution in [0.1, 0.15) is 47.2 Å². The molecule has 0 fully saturated rings. The second-order valence-electron chi connectivity index (χ2n) is 5.31. The lowest BCUT2D eigenvalue weighted by Crippen LogP contribution is -2.27. The molecule has 1 aromatic carbocycles. The van der Waals surface area contributed by atoms with Crippen molar-refractivity contribution < 1.29 is 4.79 Å². The molecule has 2 rings (SSSR count). The minimum Gasteiger partial charge on any atom is -0.342 e. The van der Waals surface area contributed by atoms with Crippen molar-refractivity contribution in [2.45, 2.75) is 38.5 Å². The zero-order valence-electron chi connectivity index (χ0n) is 11.6. The molecule has 0 radical (unpaired) electrons. The summed E-state index contributed by atoms with van der Waals surface area (Å²) in [5, 5.41) is 1.05. The van der Waals surface area contributed by atoms with Crippen molar-refractivity contribution in [1.29, 1.82) is 0 Å². The fraction of sp³-hybridized carbons (Fsp3) is 0.562. The topological polar surface area (TPSA) is 20.3 Å². The number of aryl methyl sites for hydroxylation is 2. The van der Waals surface area contributed by atoms with Gasteiger partial charge in [-0.3, -0.25) is 4.79 Å². The standard InChI is InChI=1S/C16H22BrNO/c1-18(11-4-2-3-10-17)16(19)15-9-8-13-6-5-7-14(13)12-15/h8-9,12H,2-7,10-11H2,1H3. The average Bonchev–Trinajstić information content (AvgIpc) is 2.89. The third-order valence-electron chi connectivity index (χ3n) is 3.82. The summed E-state index contributed by atoms with van der Waals surface area (Å²) in [5.74, 6) is 0.161. The summed E-state index contributed by atoms with van der Waals surface area (Å²) in [5.41, 5.74) is 3.65. The lowest BCUT2D eigenvalue weighted by molar-refractivity contribution is 0.0792. The quantitative estimate of drug-likeness (QED) is 0.575. The second-order valence-corrected chi connectivity index (χ2v) is 6.11. The lowest BCUT2D eigenvalue weighted by atomic mass is 10.1. The number of fused-ring (bicyclic) bond motifs is 1. The van der Waals surface area contributed by atoms with Gasteiger partial charge in [-0.05, 0) is 55.4 Å². The number of carbonyl (C=O) groups excluding carboxylic acids is 1. The monoisotopic (exact) mass is 323 g/mol. The van der Waals surface area contributed by atoms with Crippen LogP contribution in [0.2, 0.25) is 0 Å². The Labute approximate surface area is 124 Å². The van der Waals surface area contributed by atoms with Crippen LogP contribution < -0.4 is 0 Å². The highest BCUT2D eigenvalue weighted by Crippen LogP contribution is 2.23. The van der Waals surface area contributed by atoms with Gasteiger partial charge in [0.25, 0.3) is 5.91 Å². The normalized spacial score (nSPS) is 13.4. The van der Waals surface area contributed by atoms with Gasteiger partial charge >= 0.3 is 0 Å². The van der Waals surface area contributed by atoms with E-state index < -0.39 is 0 Å². The molecular formula is C16H22BrNO. The molecule has 2 nitrogen and oxygen atoms in total. The Morgan fingerprint density at radius 2 is 2.00 bits per heavy atom. The Kier molecular flexibility index (Phi) is 5.44. The van der Waals surface area contributed by atoms with Crippen molar-refractivity contribution in [3.63, 3.8) is 0 Å². The van der Waals surface area contributed by atoms with E-state index in [1.165, 1.54) is 36.8 Å². The molecule has 0 heterocycles. The van der Waals surface area contributed by atoms with E-state index in [9.17, 15) is 4.79 Å². The summed E-state index contributed by atoms with van der Waals surface area (Å²) >= 11 is 3.43. The highest BCUT2D eigenvalue weighted by atomic mass is 79.9. The van der Waals surface area contributed by atoms with Crippen LogP contribution in [-0.2, 0) is 12.8 Å². The molecule has 0 aromatic heterocycles. The van der Waals surface area contributed by atoms with Crippen LogP contribution in [0.3, 0.4) is 0 Å². The molecule has 0 saturated heterocycles. The van der Waals surface area contributed by atoms with E-state index in [0.717, 1.165) is 30.3 Å². The molecule has 1 amide bonds. The first kappa shape index (κ1) is 14.6. The van der Waals surface area contributed by atoms with Crippen LogP contribution in [0.15, 0.2) is 18.2 Å². The number of rotatable bonds is 6. The lowest BCUT2D eigenvalue weighted by Gasteiger charge is -2.17. The van der Waals surface area contributed by atoms with Gasteiger partial charge in [-0.25, -0.2) is 0 Å². The van der Waals surface area contributed by atoms with E-state index in [1.807, 2.05) is 18.0 Å². The van der Waals surface area contributed by atoms with Crippen LogP contribution in [0.25, 0.3) is 0 Å². The Morgan fingerprint density at radius 1 is 1.21 bits per heavy atom. The van der Waals surface area contributed by atoms with Gasteiger partial charge in [0.1, 0.15) is 0 Å². The summed E-state index contributed by atoms with van der Waals surface area (Å²) in [4.78, 5) is 14.2. The maximum atomic E-state index is 12.3. The van der Waals surface area contributed by atoms with Gasteiger partial charge in [-0.1, -0.05) is 28.4 Å². The molecule has 104 valence electrons. The van der Waals surface area contributed by atoms with Crippen LogP contribution in [0, 0.1) is 0 Å². The molecule has 1 aromatic rings. The van der Waals surface area contributed by atoms with Crippen molar-refractivity contribution in [2.75, 3.05) is 18.9 Å². The van der Waals surface area contributed by atoms with Gasteiger partial charge in [0, 0.05) is 24.5 Å². The van der Waals surface area contributed by atoms with E-state index in [0.29, 0.717) is 0 Å². The fourth-order valence-electron chi connectivity index (χ4n) is 2.65. The summed E-state index contributed by atoms with van der Waals surface area (Å²) in [6.07, 6.45) is 6.97. The van der Waals surface area contributed by atoms with Crippen molar-refractivity contribution in [3.8, 4) is 0 Å². The molecule has 1 aliphatic carbocycles. The smallest absolute Gasteiger partial charge is 0.253 e. The van der Waals surface area contributed by atoms with Gasteiger partial charge in [0.15, 0.2) is 0 Å².